The Morgan fingerprint density at radius 3 is 2.60 bits per heavy atom. The topological polar surface area (TPSA) is 64.2 Å². The zero-order chi connectivity index (χ0) is 17.5. The SMILES string of the molecule is Cc1ccccc1-n1ncc(C(=O)N2CCC(N)C(C)(C)C2)c1C.Cl. The average molecular weight is 363 g/mol. The fourth-order valence-electron chi connectivity index (χ4n) is 3.38. The van der Waals surface area contributed by atoms with Crippen LogP contribution in [0.25, 0.3) is 5.69 Å². The maximum Gasteiger partial charge on any atom is 0.257 e. The van der Waals surface area contributed by atoms with E-state index in [1.807, 2.05) is 47.7 Å². The highest BCUT2D eigenvalue weighted by Crippen LogP contribution is 2.29. The number of hydrogen-bond donors (Lipinski definition) is 1. The van der Waals surface area contributed by atoms with Crippen LogP contribution in [0.15, 0.2) is 30.5 Å². The molecule has 2 N–H and O–H groups in total. The summed E-state index contributed by atoms with van der Waals surface area (Å²) in [7, 11) is 0. The number of hydrogen-bond acceptors (Lipinski definition) is 3. The summed E-state index contributed by atoms with van der Waals surface area (Å²) in [5.74, 6) is 0.0484. The second kappa shape index (κ2) is 7.18. The van der Waals surface area contributed by atoms with Gasteiger partial charge in [0.1, 0.15) is 0 Å². The highest BCUT2D eigenvalue weighted by atomic mass is 35.5. The summed E-state index contributed by atoms with van der Waals surface area (Å²) < 4.78 is 1.85. The van der Waals surface area contributed by atoms with Gasteiger partial charge in [0.2, 0.25) is 0 Å². The molecule has 1 atom stereocenters. The molecule has 1 aliphatic rings. The van der Waals surface area contributed by atoms with Gasteiger partial charge in [-0.15, -0.1) is 12.4 Å². The summed E-state index contributed by atoms with van der Waals surface area (Å²) in [5, 5.41) is 4.46. The molecular weight excluding hydrogens is 336 g/mol. The zero-order valence-corrected chi connectivity index (χ0v) is 16.1. The lowest BCUT2D eigenvalue weighted by Gasteiger charge is -2.42. The smallest absolute Gasteiger partial charge is 0.257 e. The van der Waals surface area contributed by atoms with Crippen LogP contribution in [0.3, 0.4) is 0 Å². The van der Waals surface area contributed by atoms with Gasteiger partial charge < -0.3 is 10.6 Å². The fraction of sp³-hybridized carbons (Fsp3) is 0.474. The van der Waals surface area contributed by atoms with E-state index >= 15 is 0 Å². The molecule has 1 aliphatic heterocycles. The van der Waals surface area contributed by atoms with Crippen LogP contribution in [0.2, 0.25) is 0 Å². The number of nitrogens with zero attached hydrogens (tertiary/aromatic N) is 3. The molecule has 1 unspecified atom stereocenters. The van der Waals surface area contributed by atoms with Crippen LogP contribution in [0.1, 0.15) is 41.9 Å². The number of carbonyl (C=O) groups is 1. The van der Waals surface area contributed by atoms with Crippen LogP contribution in [0.5, 0.6) is 0 Å². The van der Waals surface area contributed by atoms with Gasteiger partial charge in [-0.2, -0.15) is 5.10 Å². The van der Waals surface area contributed by atoms with Gasteiger partial charge in [-0.3, -0.25) is 4.79 Å². The quantitative estimate of drug-likeness (QED) is 0.892. The molecule has 25 heavy (non-hydrogen) atoms. The maximum absolute atomic E-state index is 13.0. The third kappa shape index (κ3) is 3.58. The Morgan fingerprint density at radius 2 is 1.96 bits per heavy atom. The number of aromatic nitrogens is 2. The number of rotatable bonds is 2. The molecule has 0 bridgehead atoms. The summed E-state index contributed by atoms with van der Waals surface area (Å²) in [5.41, 5.74) is 9.81. The molecule has 3 rings (SSSR count). The molecule has 1 saturated heterocycles. The molecule has 6 heteroatoms. The Hall–Kier alpha value is -1.85. The first kappa shape index (κ1) is 19.5. The van der Waals surface area contributed by atoms with Crippen molar-refractivity contribution in [3.63, 3.8) is 0 Å². The van der Waals surface area contributed by atoms with Crippen molar-refractivity contribution in [2.75, 3.05) is 13.1 Å². The molecule has 136 valence electrons. The number of amides is 1. The van der Waals surface area contributed by atoms with E-state index in [2.05, 4.69) is 18.9 Å². The minimum atomic E-state index is -0.0617. The van der Waals surface area contributed by atoms with E-state index in [1.165, 1.54) is 0 Å². The Bertz CT molecular complexity index is 769. The second-order valence-electron chi connectivity index (χ2n) is 7.45. The van der Waals surface area contributed by atoms with Crippen molar-refractivity contribution >= 4 is 18.3 Å². The Labute approximate surface area is 155 Å². The predicted octanol–water partition coefficient (Wildman–Crippen LogP) is 3.11. The first-order valence-electron chi connectivity index (χ1n) is 8.47. The van der Waals surface area contributed by atoms with E-state index < -0.39 is 0 Å². The standard InChI is InChI=1S/C19H26N4O.ClH/c1-13-7-5-6-8-16(13)23-14(2)15(11-21-23)18(24)22-10-9-17(20)19(3,4)12-22;/h5-8,11,17H,9-10,12,20H2,1-4H3;1H. The molecule has 0 spiro atoms. The van der Waals surface area contributed by atoms with Gasteiger partial charge in [0, 0.05) is 19.1 Å². The van der Waals surface area contributed by atoms with Crippen LogP contribution in [-0.2, 0) is 0 Å². The van der Waals surface area contributed by atoms with Gasteiger partial charge in [0.15, 0.2) is 0 Å². The summed E-state index contributed by atoms with van der Waals surface area (Å²) in [6.45, 7) is 9.64. The van der Waals surface area contributed by atoms with Gasteiger partial charge in [0.25, 0.3) is 5.91 Å². The number of nitrogens with two attached hydrogens (primary N) is 1. The van der Waals surface area contributed by atoms with Gasteiger partial charge in [-0.25, -0.2) is 4.68 Å². The third-order valence-corrected chi connectivity index (χ3v) is 5.18. The molecule has 2 aromatic rings. The van der Waals surface area contributed by atoms with Gasteiger partial charge in [-0.05, 0) is 37.3 Å². The van der Waals surface area contributed by atoms with Crippen molar-refractivity contribution in [2.45, 2.75) is 40.2 Å². The lowest BCUT2D eigenvalue weighted by Crippen LogP contribution is -2.54. The number of para-hydroxylation sites is 1. The van der Waals surface area contributed by atoms with Gasteiger partial charge in [-0.1, -0.05) is 32.0 Å². The highest BCUT2D eigenvalue weighted by Gasteiger charge is 2.36. The summed E-state index contributed by atoms with van der Waals surface area (Å²) in [6.07, 6.45) is 2.52. The average Bonchev–Trinajstić information content (AvgIpc) is 2.91. The largest absolute Gasteiger partial charge is 0.338 e. The molecular formula is C19H27ClN4O. The van der Waals surface area contributed by atoms with Crippen molar-refractivity contribution in [1.29, 1.82) is 0 Å². The molecule has 1 aromatic heterocycles. The maximum atomic E-state index is 13.0. The summed E-state index contributed by atoms with van der Waals surface area (Å²) in [6, 6.07) is 8.19. The number of likely N-dealkylation sites (tertiary alicyclic amines) is 1. The Morgan fingerprint density at radius 1 is 1.28 bits per heavy atom. The van der Waals surface area contributed by atoms with Gasteiger partial charge in [0.05, 0.1) is 23.1 Å². The second-order valence-corrected chi connectivity index (χ2v) is 7.45. The van der Waals surface area contributed by atoms with Crippen LogP contribution in [0.4, 0.5) is 0 Å². The molecule has 5 nitrogen and oxygen atoms in total. The van der Waals surface area contributed by atoms with E-state index in [1.54, 1.807) is 6.20 Å². The third-order valence-electron chi connectivity index (χ3n) is 5.18. The monoisotopic (exact) mass is 362 g/mol. The van der Waals surface area contributed by atoms with E-state index in [0.717, 1.165) is 23.4 Å². The predicted molar refractivity (Wildman–Crippen MR) is 103 cm³/mol. The lowest BCUT2D eigenvalue weighted by atomic mass is 9.79. The molecule has 0 aliphatic carbocycles. The Kier molecular flexibility index (Phi) is 5.59. The van der Waals surface area contributed by atoms with E-state index in [-0.39, 0.29) is 29.8 Å². The number of halogens is 1. The Balaban J connectivity index is 0.00000225. The van der Waals surface area contributed by atoms with Crippen molar-refractivity contribution in [2.24, 2.45) is 11.1 Å². The van der Waals surface area contributed by atoms with Crippen molar-refractivity contribution < 1.29 is 4.79 Å². The fourth-order valence-corrected chi connectivity index (χ4v) is 3.38. The zero-order valence-electron chi connectivity index (χ0n) is 15.3. The molecule has 1 amide bonds. The minimum Gasteiger partial charge on any atom is -0.338 e. The molecule has 2 heterocycles. The van der Waals surface area contributed by atoms with Crippen molar-refractivity contribution in [1.82, 2.24) is 14.7 Å². The summed E-state index contributed by atoms with van der Waals surface area (Å²) in [4.78, 5) is 14.9. The number of carbonyl (C=O) groups excluding carboxylic acids is 1. The van der Waals surface area contributed by atoms with Crippen molar-refractivity contribution in [3.8, 4) is 5.69 Å². The van der Waals surface area contributed by atoms with Crippen LogP contribution in [0, 0.1) is 19.3 Å². The number of benzene rings is 1. The highest BCUT2D eigenvalue weighted by molar-refractivity contribution is 5.95. The molecule has 0 saturated carbocycles. The molecule has 0 radical (unpaired) electrons. The van der Waals surface area contributed by atoms with Crippen LogP contribution < -0.4 is 5.73 Å². The van der Waals surface area contributed by atoms with E-state index in [9.17, 15) is 4.79 Å². The van der Waals surface area contributed by atoms with Crippen LogP contribution in [-0.4, -0.2) is 39.7 Å². The summed E-state index contributed by atoms with van der Waals surface area (Å²) >= 11 is 0. The lowest BCUT2D eigenvalue weighted by molar-refractivity contribution is 0.0532. The normalized spacial score (nSPS) is 19.4. The van der Waals surface area contributed by atoms with Crippen molar-refractivity contribution in [3.05, 3.63) is 47.3 Å². The van der Waals surface area contributed by atoms with Crippen LogP contribution >= 0.6 is 12.4 Å². The van der Waals surface area contributed by atoms with E-state index in [4.69, 9.17) is 5.73 Å². The number of piperidine rings is 1. The van der Waals surface area contributed by atoms with Gasteiger partial charge >= 0.3 is 0 Å². The molecule has 1 aromatic carbocycles. The van der Waals surface area contributed by atoms with E-state index in [0.29, 0.717) is 18.7 Å². The minimum absolute atomic E-state index is 0. The number of aryl methyl sites for hydroxylation is 1. The first-order chi connectivity index (χ1) is 11.3. The first-order valence-corrected chi connectivity index (χ1v) is 8.47. The molecule has 1 fully saturated rings.